The van der Waals surface area contributed by atoms with E-state index in [2.05, 4.69) is 46.3 Å². The molecule has 0 saturated carbocycles. The number of thiazole rings is 1. The highest BCUT2D eigenvalue weighted by Crippen LogP contribution is 2.26. The number of para-hydroxylation sites is 1. The molecule has 0 unspecified atom stereocenters. The van der Waals surface area contributed by atoms with Gasteiger partial charge in [0.25, 0.3) is 0 Å². The minimum atomic E-state index is -3.70. The third-order valence-corrected chi connectivity index (χ3v) is 7.74. The van der Waals surface area contributed by atoms with Crippen LogP contribution in [0.15, 0.2) is 124 Å². The topological polar surface area (TPSA) is 77.5 Å². The van der Waals surface area contributed by atoms with Gasteiger partial charge in [-0.2, -0.15) is 0 Å². The Hall–Kier alpha value is -3.30. The zero-order valence-electron chi connectivity index (χ0n) is 19.9. The molecule has 37 heavy (non-hydrogen) atoms. The lowest BCUT2D eigenvalue weighted by Crippen LogP contribution is -2.17. The predicted octanol–water partition coefficient (Wildman–Crippen LogP) is 6.58. The Morgan fingerprint density at radius 3 is 1.92 bits per heavy atom. The van der Waals surface area contributed by atoms with Crippen LogP contribution in [-0.2, 0) is 23.0 Å². The van der Waals surface area contributed by atoms with Gasteiger partial charge in [-0.3, -0.25) is 0 Å². The number of benzene rings is 4. The summed E-state index contributed by atoms with van der Waals surface area (Å²) in [5.74, 6) is 0. The molecule has 0 fully saturated rings. The fourth-order valence-corrected chi connectivity index (χ4v) is 5.50. The van der Waals surface area contributed by atoms with Gasteiger partial charge in [0.05, 0.1) is 16.3 Å². The zero-order chi connectivity index (χ0) is 25.0. The average Bonchev–Trinajstić information content (AvgIpc) is 3.30. The fraction of sp³-hybridized carbons (Fsp3) is 0.0690. The molecule has 0 aliphatic carbocycles. The zero-order valence-corrected chi connectivity index (χ0v) is 23.2. The molecule has 8 heteroatoms. The van der Waals surface area contributed by atoms with Crippen LogP contribution in [0, 0.1) is 0 Å². The molecule has 0 radical (unpaired) electrons. The van der Waals surface area contributed by atoms with E-state index in [4.69, 9.17) is 10.1 Å². The number of aromatic nitrogens is 1. The van der Waals surface area contributed by atoms with E-state index in [1.807, 2.05) is 60.7 Å². The predicted molar refractivity (Wildman–Crippen MR) is 157 cm³/mol. The van der Waals surface area contributed by atoms with Gasteiger partial charge in [-0.15, -0.1) is 28.3 Å². The van der Waals surface area contributed by atoms with Crippen molar-refractivity contribution in [2.45, 2.75) is 17.9 Å². The Balaban J connectivity index is 0.00000320. The number of rotatable bonds is 7. The van der Waals surface area contributed by atoms with E-state index >= 15 is 0 Å². The first-order chi connectivity index (χ1) is 17.5. The monoisotopic (exact) mass is 591 g/mol. The van der Waals surface area contributed by atoms with Gasteiger partial charge in [0.1, 0.15) is 0 Å². The van der Waals surface area contributed by atoms with Gasteiger partial charge in [-0.1, -0.05) is 84.9 Å². The van der Waals surface area contributed by atoms with Crippen molar-refractivity contribution in [2.75, 3.05) is 0 Å². The van der Waals surface area contributed by atoms with Crippen molar-refractivity contribution in [3.05, 3.63) is 125 Å². The van der Waals surface area contributed by atoms with Crippen LogP contribution >= 0.6 is 28.3 Å². The second kappa shape index (κ2) is 11.8. The van der Waals surface area contributed by atoms with Gasteiger partial charge in [-0.25, -0.2) is 18.5 Å². The van der Waals surface area contributed by atoms with E-state index in [9.17, 15) is 8.42 Å². The van der Waals surface area contributed by atoms with Crippen molar-refractivity contribution in [1.82, 2.24) is 4.57 Å². The molecule has 0 amide bonds. The molecule has 5 nitrogen and oxygen atoms in total. The Kier molecular flexibility index (Phi) is 8.56. The molecule has 4 aromatic carbocycles. The molecule has 5 aromatic rings. The molecule has 0 aliphatic heterocycles. The van der Waals surface area contributed by atoms with Crippen LogP contribution in [0.4, 0.5) is 5.69 Å². The van der Waals surface area contributed by atoms with Gasteiger partial charge < -0.3 is 4.57 Å². The summed E-state index contributed by atoms with van der Waals surface area (Å²) in [6.07, 6.45) is 0.721. The third kappa shape index (κ3) is 6.53. The molecule has 188 valence electrons. The Labute approximate surface area is 231 Å². The lowest BCUT2D eigenvalue weighted by molar-refractivity contribution is 0.597. The first kappa shape index (κ1) is 26.8. The smallest absolute Gasteiger partial charge is 0.238 e. The summed E-state index contributed by atoms with van der Waals surface area (Å²) < 4.78 is 25.4. The van der Waals surface area contributed by atoms with Crippen molar-refractivity contribution in [3.8, 4) is 22.4 Å². The molecule has 0 saturated heterocycles. The lowest BCUT2D eigenvalue weighted by atomic mass is 10.0. The number of aryl methyl sites for hydroxylation is 1. The van der Waals surface area contributed by atoms with Crippen molar-refractivity contribution in [2.24, 2.45) is 10.1 Å². The number of hydrogen-bond acceptors (Lipinski definition) is 4. The summed E-state index contributed by atoms with van der Waals surface area (Å²) >= 11 is 1.61. The molecular formula is C29H26BrN3O2S2. The second-order valence-electron chi connectivity index (χ2n) is 8.38. The largest absolute Gasteiger partial charge is 0.316 e. The molecule has 2 N–H and O–H groups in total. The van der Waals surface area contributed by atoms with Crippen LogP contribution < -0.4 is 9.94 Å². The number of sulfonamides is 1. The minimum Gasteiger partial charge on any atom is -0.316 e. The van der Waals surface area contributed by atoms with Crippen LogP contribution in [0.1, 0.15) is 5.56 Å². The highest BCUT2D eigenvalue weighted by atomic mass is 79.9. The summed E-state index contributed by atoms with van der Waals surface area (Å²) in [7, 11) is -3.70. The SMILES string of the molecule is Br.NS(=O)(=O)c1ccc(CCn2c(-c3ccc(-c4ccccc4)cc3)csc2=Nc2ccccc2)cc1. The molecule has 0 aliphatic rings. The van der Waals surface area contributed by atoms with Crippen LogP contribution in [-0.4, -0.2) is 13.0 Å². The van der Waals surface area contributed by atoms with Gasteiger partial charge >= 0.3 is 0 Å². The van der Waals surface area contributed by atoms with E-state index in [0.717, 1.165) is 33.7 Å². The molecular weight excluding hydrogens is 566 g/mol. The number of nitrogens with two attached hydrogens (primary N) is 1. The first-order valence-electron chi connectivity index (χ1n) is 11.5. The van der Waals surface area contributed by atoms with Crippen LogP contribution in [0.2, 0.25) is 0 Å². The standard InChI is InChI=1S/C29H25N3O2S2.BrH/c30-36(33,34)27-17-11-22(12-18-27)19-20-32-28(21-35-29(32)31-26-9-5-2-6-10-26)25-15-13-24(14-16-25)23-7-3-1-4-8-23;/h1-18,21H,19-20H2,(H2,30,33,34);1H. The third-order valence-electron chi connectivity index (χ3n) is 5.94. The molecule has 0 bridgehead atoms. The first-order valence-corrected chi connectivity index (χ1v) is 14.0. The van der Waals surface area contributed by atoms with E-state index in [1.165, 1.54) is 11.1 Å². The highest BCUT2D eigenvalue weighted by Gasteiger charge is 2.11. The Morgan fingerprint density at radius 2 is 1.30 bits per heavy atom. The quantitative estimate of drug-likeness (QED) is 0.232. The molecule has 1 aromatic heterocycles. The Bertz CT molecular complexity index is 1630. The maximum Gasteiger partial charge on any atom is 0.238 e. The van der Waals surface area contributed by atoms with Gasteiger partial charge in [0, 0.05) is 11.9 Å². The van der Waals surface area contributed by atoms with Crippen molar-refractivity contribution < 1.29 is 8.42 Å². The van der Waals surface area contributed by atoms with Crippen LogP contribution in [0.5, 0.6) is 0 Å². The number of hydrogen-bond donors (Lipinski definition) is 1. The molecule has 1 heterocycles. The van der Waals surface area contributed by atoms with Crippen LogP contribution in [0.3, 0.4) is 0 Å². The normalized spacial score (nSPS) is 11.8. The van der Waals surface area contributed by atoms with E-state index in [-0.39, 0.29) is 21.9 Å². The fourth-order valence-electron chi connectivity index (χ4n) is 4.03. The lowest BCUT2D eigenvalue weighted by Gasteiger charge is -2.11. The van der Waals surface area contributed by atoms with Crippen LogP contribution in [0.25, 0.3) is 22.4 Å². The summed E-state index contributed by atoms with van der Waals surface area (Å²) in [4.78, 5) is 5.92. The van der Waals surface area contributed by atoms with Gasteiger partial charge in [0.15, 0.2) is 4.80 Å². The summed E-state index contributed by atoms with van der Waals surface area (Å²) in [6, 6.07) is 35.6. The number of halogens is 1. The highest BCUT2D eigenvalue weighted by molar-refractivity contribution is 8.93. The van der Waals surface area contributed by atoms with Crippen molar-refractivity contribution >= 4 is 44.0 Å². The molecule has 0 atom stereocenters. The second-order valence-corrected chi connectivity index (χ2v) is 10.8. The van der Waals surface area contributed by atoms with E-state index in [0.29, 0.717) is 6.54 Å². The minimum absolute atomic E-state index is 0. The average molecular weight is 593 g/mol. The van der Waals surface area contributed by atoms with E-state index < -0.39 is 10.0 Å². The van der Waals surface area contributed by atoms with Gasteiger partial charge in [0.2, 0.25) is 10.0 Å². The maximum atomic E-state index is 11.6. The molecule has 0 spiro atoms. The maximum absolute atomic E-state index is 11.6. The Morgan fingerprint density at radius 1 is 0.730 bits per heavy atom. The van der Waals surface area contributed by atoms with E-state index in [1.54, 1.807) is 23.5 Å². The number of nitrogens with zero attached hydrogens (tertiary/aromatic N) is 2. The van der Waals surface area contributed by atoms with Crippen molar-refractivity contribution in [3.63, 3.8) is 0 Å². The summed E-state index contributed by atoms with van der Waals surface area (Å²) in [5.41, 5.74) is 6.49. The number of primary sulfonamides is 1. The van der Waals surface area contributed by atoms with Crippen molar-refractivity contribution in [1.29, 1.82) is 0 Å². The summed E-state index contributed by atoms with van der Waals surface area (Å²) in [6.45, 7) is 0.694. The summed E-state index contributed by atoms with van der Waals surface area (Å²) in [5, 5.41) is 7.38. The van der Waals surface area contributed by atoms with Gasteiger partial charge in [-0.05, 0) is 52.9 Å². The molecule has 5 rings (SSSR count).